The summed E-state index contributed by atoms with van der Waals surface area (Å²) in [4.78, 5) is 24.8. The van der Waals surface area contributed by atoms with Gasteiger partial charge in [0.2, 0.25) is 5.91 Å². The van der Waals surface area contributed by atoms with Gasteiger partial charge < -0.3 is 10.4 Å². The lowest BCUT2D eigenvalue weighted by molar-refractivity contribution is -0.131. The lowest BCUT2D eigenvalue weighted by atomic mass is 10.2. The van der Waals surface area contributed by atoms with Gasteiger partial charge in [-0.15, -0.1) is 0 Å². The molecule has 2 N–H and O–H groups in total. The molecule has 0 radical (unpaired) electrons. The summed E-state index contributed by atoms with van der Waals surface area (Å²) in [5.41, 5.74) is 0.659. The van der Waals surface area contributed by atoms with Gasteiger partial charge in [0.25, 0.3) is 0 Å². The number of aromatic nitrogens is 1. The van der Waals surface area contributed by atoms with E-state index in [9.17, 15) is 9.59 Å². The molecular formula is C10H10N2O3. The van der Waals surface area contributed by atoms with Crippen LogP contribution in [0.2, 0.25) is 0 Å². The van der Waals surface area contributed by atoms with Crippen molar-refractivity contribution in [1.29, 1.82) is 0 Å². The summed E-state index contributed by atoms with van der Waals surface area (Å²) in [5.74, 6) is -0.771. The molecular weight excluding hydrogens is 196 g/mol. The van der Waals surface area contributed by atoms with Crippen LogP contribution in [0.15, 0.2) is 24.4 Å². The third-order valence-corrected chi connectivity index (χ3v) is 1.51. The summed E-state index contributed by atoms with van der Waals surface area (Å²) >= 11 is 0. The number of amides is 1. The van der Waals surface area contributed by atoms with Crippen molar-refractivity contribution in [2.45, 2.75) is 6.92 Å². The maximum absolute atomic E-state index is 10.7. The Bertz CT molecular complexity index is 396. The third kappa shape index (κ3) is 4.04. The van der Waals surface area contributed by atoms with Crippen LogP contribution in [0.3, 0.4) is 0 Å². The van der Waals surface area contributed by atoms with Gasteiger partial charge in [-0.05, 0) is 23.8 Å². The molecule has 5 heteroatoms. The van der Waals surface area contributed by atoms with E-state index in [0.717, 1.165) is 6.08 Å². The number of hydrogen-bond donors (Lipinski definition) is 2. The summed E-state index contributed by atoms with van der Waals surface area (Å²) < 4.78 is 0. The van der Waals surface area contributed by atoms with Gasteiger partial charge >= 0.3 is 5.97 Å². The van der Waals surface area contributed by atoms with Crippen molar-refractivity contribution in [3.8, 4) is 0 Å². The smallest absolute Gasteiger partial charge is 0.328 e. The minimum Gasteiger partial charge on any atom is -0.478 e. The molecule has 0 spiro atoms. The Morgan fingerprint density at radius 3 is 2.67 bits per heavy atom. The molecule has 1 amide bonds. The summed E-state index contributed by atoms with van der Waals surface area (Å²) in [6.07, 6.45) is 3.92. The van der Waals surface area contributed by atoms with E-state index in [1.165, 1.54) is 19.2 Å². The van der Waals surface area contributed by atoms with Crippen molar-refractivity contribution in [2.75, 3.05) is 5.32 Å². The van der Waals surface area contributed by atoms with Crippen LogP contribution in [0.1, 0.15) is 12.5 Å². The first-order valence-corrected chi connectivity index (χ1v) is 4.22. The lowest BCUT2D eigenvalue weighted by Crippen LogP contribution is -2.06. The average Bonchev–Trinajstić information content (AvgIpc) is 2.16. The van der Waals surface area contributed by atoms with E-state index in [4.69, 9.17) is 5.11 Å². The van der Waals surface area contributed by atoms with E-state index < -0.39 is 5.97 Å². The van der Waals surface area contributed by atoms with Gasteiger partial charge in [0.15, 0.2) is 0 Å². The molecule has 0 atom stereocenters. The topological polar surface area (TPSA) is 79.3 Å². The monoisotopic (exact) mass is 206 g/mol. The van der Waals surface area contributed by atoms with Crippen molar-refractivity contribution in [2.24, 2.45) is 0 Å². The highest BCUT2D eigenvalue weighted by Gasteiger charge is 1.96. The zero-order valence-corrected chi connectivity index (χ0v) is 8.10. The number of rotatable bonds is 3. The quantitative estimate of drug-likeness (QED) is 0.727. The molecule has 1 rings (SSSR count). The molecule has 0 aliphatic carbocycles. The van der Waals surface area contributed by atoms with Gasteiger partial charge in [-0.1, -0.05) is 0 Å². The number of pyridine rings is 1. The maximum atomic E-state index is 10.7. The predicted molar refractivity (Wildman–Crippen MR) is 55.2 cm³/mol. The minimum atomic E-state index is -1.01. The van der Waals surface area contributed by atoms with Gasteiger partial charge in [0.1, 0.15) is 5.82 Å². The normalized spacial score (nSPS) is 10.2. The Kier molecular flexibility index (Phi) is 3.56. The molecule has 1 heterocycles. The van der Waals surface area contributed by atoms with Crippen molar-refractivity contribution in [1.82, 2.24) is 4.98 Å². The largest absolute Gasteiger partial charge is 0.478 e. The molecule has 0 aromatic carbocycles. The summed E-state index contributed by atoms with van der Waals surface area (Å²) in [5, 5.41) is 10.9. The molecule has 0 unspecified atom stereocenters. The zero-order chi connectivity index (χ0) is 11.3. The second kappa shape index (κ2) is 4.90. The van der Waals surface area contributed by atoms with Crippen LogP contribution in [-0.2, 0) is 9.59 Å². The van der Waals surface area contributed by atoms with Crippen LogP contribution >= 0.6 is 0 Å². The first-order valence-electron chi connectivity index (χ1n) is 4.22. The fourth-order valence-corrected chi connectivity index (χ4v) is 0.926. The van der Waals surface area contributed by atoms with Gasteiger partial charge in [0.05, 0.1) is 0 Å². The highest BCUT2D eigenvalue weighted by Crippen LogP contribution is 2.06. The van der Waals surface area contributed by atoms with E-state index in [0.29, 0.717) is 11.4 Å². The molecule has 78 valence electrons. The van der Waals surface area contributed by atoms with Crippen molar-refractivity contribution < 1.29 is 14.7 Å². The van der Waals surface area contributed by atoms with Gasteiger partial charge in [0, 0.05) is 19.2 Å². The van der Waals surface area contributed by atoms with Gasteiger partial charge in [-0.2, -0.15) is 0 Å². The van der Waals surface area contributed by atoms with Crippen molar-refractivity contribution in [3.63, 3.8) is 0 Å². The number of nitrogens with one attached hydrogen (secondary N) is 1. The van der Waals surface area contributed by atoms with E-state index in [-0.39, 0.29) is 5.91 Å². The number of hydrogen-bond acceptors (Lipinski definition) is 3. The van der Waals surface area contributed by atoms with Crippen LogP contribution in [-0.4, -0.2) is 22.0 Å². The van der Waals surface area contributed by atoms with E-state index in [1.807, 2.05) is 0 Å². The molecule has 1 aromatic heterocycles. The van der Waals surface area contributed by atoms with Crippen molar-refractivity contribution >= 4 is 23.8 Å². The first-order chi connectivity index (χ1) is 7.08. The zero-order valence-electron chi connectivity index (χ0n) is 8.10. The summed E-state index contributed by atoms with van der Waals surface area (Å²) in [6.45, 7) is 1.39. The first kappa shape index (κ1) is 10.9. The van der Waals surface area contributed by atoms with E-state index in [1.54, 1.807) is 12.1 Å². The van der Waals surface area contributed by atoms with Crippen LogP contribution in [0.4, 0.5) is 5.82 Å². The Morgan fingerprint density at radius 2 is 2.20 bits per heavy atom. The number of carbonyl (C=O) groups is 2. The summed E-state index contributed by atoms with van der Waals surface area (Å²) in [7, 11) is 0. The SMILES string of the molecule is CC(=O)Nc1ccc(/C=C/C(=O)O)cn1. The van der Waals surface area contributed by atoms with Crippen LogP contribution in [0, 0.1) is 0 Å². The number of carbonyl (C=O) groups excluding carboxylic acids is 1. The Balaban J connectivity index is 2.72. The molecule has 0 aliphatic rings. The Labute approximate surface area is 86.5 Å². The molecule has 15 heavy (non-hydrogen) atoms. The molecule has 0 fully saturated rings. The standard InChI is InChI=1S/C10H10N2O3/c1-7(13)12-9-4-2-8(6-11-9)3-5-10(14)15/h2-6H,1H3,(H,14,15)(H,11,12,13)/b5-3+. The number of anilines is 1. The Morgan fingerprint density at radius 1 is 1.47 bits per heavy atom. The maximum Gasteiger partial charge on any atom is 0.328 e. The predicted octanol–water partition coefficient (Wildman–Crippen LogP) is 1.14. The van der Waals surface area contributed by atoms with E-state index in [2.05, 4.69) is 10.3 Å². The summed E-state index contributed by atoms with van der Waals surface area (Å²) in [6, 6.07) is 3.26. The molecule has 0 aliphatic heterocycles. The van der Waals surface area contributed by atoms with Crippen LogP contribution in [0.25, 0.3) is 6.08 Å². The average molecular weight is 206 g/mol. The number of aliphatic carboxylic acids is 1. The fourth-order valence-electron chi connectivity index (χ4n) is 0.926. The molecule has 5 nitrogen and oxygen atoms in total. The Hall–Kier alpha value is -2.17. The number of carboxylic acids is 1. The lowest BCUT2D eigenvalue weighted by Gasteiger charge is -2.00. The second-order valence-electron chi connectivity index (χ2n) is 2.83. The second-order valence-corrected chi connectivity index (χ2v) is 2.83. The van der Waals surface area contributed by atoms with Gasteiger partial charge in [-0.25, -0.2) is 9.78 Å². The minimum absolute atomic E-state index is 0.198. The van der Waals surface area contributed by atoms with Crippen LogP contribution < -0.4 is 5.32 Å². The number of carboxylic acid groups (broad SMARTS) is 1. The molecule has 0 saturated carbocycles. The van der Waals surface area contributed by atoms with E-state index >= 15 is 0 Å². The van der Waals surface area contributed by atoms with Gasteiger partial charge in [-0.3, -0.25) is 4.79 Å². The molecule has 0 saturated heterocycles. The van der Waals surface area contributed by atoms with Crippen molar-refractivity contribution in [3.05, 3.63) is 30.0 Å². The van der Waals surface area contributed by atoms with Crippen LogP contribution in [0.5, 0.6) is 0 Å². The fraction of sp³-hybridized carbons (Fsp3) is 0.100. The molecule has 1 aromatic rings. The number of nitrogens with zero attached hydrogens (tertiary/aromatic N) is 1. The highest BCUT2D eigenvalue weighted by molar-refractivity contribution is 5.88. The third-order valence-electron chi connectivity index (χ3n) is 1.51. The highest BCUT2D eigenvalue weighted by atomic mass is 16.4. The molecule has 0 bridgehead atoms.